The molecular weight excluding hydrogens is 250 g/mol. The Hall–Kier alpha value is -1.13. The first-order chi connectivity index (χ1) is 8.71. The van der Waals surface area contributed by atoms with Crippen molar-refractivity contribution < 1.29 is 4.79 Å². The van der Waals surface area contributed by atoms with Gasteiger partial charge in [-0.25, -0.2) is 4.98 Å². The van der Waals surface area contributed by atoms with E-state index in [9.17, 15) is 4.79 Å². The van der Waals surface area contributed by atoms with Crippen LogP contribution >= 0.6 is 11.6 Å². The maximum Gasteiger partial charge on any atom is 0.229 e. The van der Waals surface area contributed by atoms with Crippen molar-refractivity contribution in [2.45, 2.75) is 19.3 Å². The molecular formula is C13H16ClN3O. The molecule has 2 N–H and O–H groups in total. The highest BCUT2D eigenvalue weighted by Gasteiger charge is 2.57. The van der Waals surface area contributed by atoms with Crippen molar-refractivity contribution >= 4 is 23.3 Å². The van der Waals surface area contributed by atoms with E-state index >= 15 is 0 Å². The summed E-state index contributed by atoms with van der Waals surface area (Å²) in [5.74, 6) is 0.676. The molecule has 1 saturated carbocycles. The van der Waals surface area contributed by atoms with Gasteiger partial charge in [0.1, 0.15) is 0 Å². The van der Waals surface area contributed by atoms with Gasteiger partial charge in [0.05, 0.1) is 5.02 Å². The third kappa shape index (κ3) is 2.10. The largest absolute Gasteiger partial charge is 0.317 e. The maximum atomic E-state index is 12.2. The van der Waals surface area contributed by atoms with Crippen molar-refractivity contribution in [1.29, 1.82) is 0 Å². The smallest absolute Gasteiger partial charge is 0.229 e. The quantitative estimate of drug-likeness (QED) is 0.861. The molecule has 96 valence electrons. The molecule has 0 radical (unpaired) electrons. The first-order valence-corrected chi connectivity index (χ1v) is 6.71. The highest BCUT2D eigenvalue weighted by Crippen LogP contribution is 2.58. The zero-order valence-electron chi connectivity index (χ0n) is 10.1. The Morgan fingerprint density at radius 3 is 3.00 bits per heavy atom. The zero-order valence-corrected chi connectivity index (χ0v) is 10.8. The molecule has 1 spiro atoms. The second-order valence-electron chi connectivity index (χ2n) is 5.19. The number of hydrogen-bond acceptors (Lipinski definition) is 3. The number of carbonyl (C=O) groups excluding carboxylic acids is 1. The van der Waals surface area contributed by atoms with Gasteiger partial charge in [0.2, 0.25) is 5.91 Å². The summed E-state index contributed by atoms with van der Waals surface area (Å²) in [5.41, 5.74) is 0.247. The molecule has 5 heteroatoms. The molecule has 1 saturated heterocycles. The minimum Gasteiger partial charge on any atom is -0.317 e. The summed E-state index contributed by atoms with van der Waals surface area (Å²) in [6.45, 7) is 2.04. The lowest BCUT2D eigenvalue weighted by Crippen LogP contribution is -2.31. The Balaban J connectivity index is 1.65. The molecule has 1 aliphatic heterocycles. The average molecular weight is 266 g/mol. The fraction of sp³-hybridized carbons (Fsp3) is 0.538. The van der Waals surface area contributed by atoms with Crippen LogP contribution in [0, 0.1) is 11.3 Å². The van der Waals surface area contributed by atoms with Crippen LogP contribution in [0.2, 0.25) is 5.02 Å². The normalized spacial score (nSPS) is 24.8. The number of carbonyl (C=O) groups is 1. The van der Waals surface area contributed by atoms with Crippen LogP contribution in [0.25, 0.3) is 0 Å². The standard InChI is InChI=1S/C13H16ClN3O/c14-10-2-1-5-16-11(10)17-12(18)9-8-13(9)3-6-15-7-4-13/h1-2,5,9,15H,3-4,6-8H2,(H,16,17,18). The molecule has 1 aliphatic carbocycles. The van der Waals surface area contributed by atoms with E-state index in [1.54, 1.807) is 18.3 Å². The van der Waals surface area contributed by atoms with Crippen molar-refractivity contribution in [3.05, 3.63) is 23.4 Å². The lowest BCUT2D eigenvalue weighted by atomic mass is 9.92. The van der Waals surface area contributed by atoms with Gasteiger partial charge in [0.25, 0.3) is 0 Å². The predicted molar refractivity (Wildman–Crippen MR) is 70.5 cm³/mol. The molecule has 1 unspecified atom stereocenters. The molecule has 1 amide bonds. The van der Waals surface area contributed by atoms with Crippen LogP contribution in [0.1, 0.15) is 19.3 Å². The van der Waals surface area contributed by atoms with E-state index in [0.29, 0.717) is 10.8 Å². The summed E-state index contributed by atoms with van der Waals surface area (Å²) in [7, 11) is 0. The van der Waals surface area contributed by atoms with Gasteiger partial charge in [0.15, 0.2) is 5.82 Å². The van der Waals surface area contributed by atoms with Gasteiger partial charge in [0, 0.05) is 12.1 Å². The van der Waals surface area contributed by atoms with Crippen molar-refractivity contribution in [3.63, 3.8) is 0 Å². The summed E-state index contributed by atoms with van der Waals surface area (Å²) < 4.78 is 0. The van der Waals surface area contributed by atoms with E-state index in [0.717, 1.165) is 32.4 Å². The van der Waals surface area contributed by atoms with E-state index in [2.05, 4.69) is 15.6 Å². The van der Waals surface area contributed by atoms with Crippen molar-refractivity contribution in [2.75, 3.05) is 18.4 Å². The highest BCUT2D eigenvalue weighted by atomic mass is 35.5. The molecule has 2 aliphatic rings. The molecule has 2 heterocycles. The fourth-order valence-electron chi connectivity index (χ4n) is 2.88. The summed E-state index contributed by atoms with van der Waals surface area (Å²) >= 11 is 5.98. The second-order valence-corrected chi connectivity index (χ2v) is 5.60. The number of nitrogens with one attached hydrogen (secondary N) is 2. The lowest BCUT2D eigenvalue weighted by molar-refractivity contribution is -0.118. The third-order valence-corrected chi connectivity index (χ3v) is 4.41. The van der Waals surface area contributed by atoms with E-state index in [1.807, 2.05) is 0 Å². The molecule has 3 rings (SSSR count). The number of pyridine rings is 1. The minimum absolute atomic E-state index is 0.0671. The molecule has 0 bridgehead atoms. The van der Waals surface area contributed by atoms with Crippen LogP contribution < -0.4 is 10.6 Å². The average Bonchev–Trinajstić information content (AvgIpc) is 3.07. The summed E-state index contributed by atoms with van der Waals surface area (Å²) in [4.78, 5) is 16.3. The Labute approximate surface area is 111 Å². The number of hydrogen-bond donors (Lipinski definition) is 2. The summed E-state index contributed by atoms with van der Waals surface area (Å²) in [6, 6.07) is 3.49. The van der Waals surface area contributed by atoms with Crippen LogP contribution in [0.5, 0.6) is 0 Å². The van der Waals surface area contributed by atoms with Crippen LogP contribution in [0.4, 0.5) is 5.82 Å². The Morgan fingerprint density at radius 2 is 2.28 bits per heavy atom. The lowest BCUT2D eigenvalue weighted by Gasteiger charge is -2.23. The van der Waals surface area contributed by atoms with E-state index in [1.165, 1.54) is 0 Å². The SMILES string of the molecule is O=C(Nc1ncccc1Cl)C1CC12CCNCC2. The molecule has 1 atom stereocenters. The van der Waals surface area contributed by atoms with Crippen LogP contribution in [-0.2, 0) is 4.79 Å². The van der Waals surface area contributed by atoms with Crippen LogP contribution in [0.3, 0.4) is 0 Å². The number of piperidine rings is 1. The Kier molecular flexibility index (Phi) is 2.99. The zero-order chi connectivity index (χ0) is 12.6. The minimum atomic E-state index is 0.0671. The molecule has 0 aromatic carbocycles. The highest BCUT2D eigenvalue weighted by molar-refractivity contribution is 6.33. The van der Waals surface area contributed by atoms with Crippen molar-refractivity contribution in [1.82, 2.24) is 10.3 Å². The fourth-order valence-corrected chi connectivity index (χ4v) is 3.05. The van der Waals surface area contributed by atoms with Gasteiger partial charge in [-0.1, -0.05) is 11.6 Å². The van der Waals surface area contributed by atoms with Gasteiger partial charge in [-0.05, 0) is 49.9 Å². The molecule has 1 aromatic heterocycles. The van der Waals surface area contributed by atoms with Gasteiger partial charge in [-0.15, -0.1) is 0 Å². The number of nitrogens with zero attached hydrogens (tertiary/aromatic N) is 1. The van der Waals surface area contributed by atoms with Gasteiger partial charge < -0.3 is 10.6 Å². The first kappa shape index (κ1) is 11.9. The number of halogens is 1. The van der Waals surface area contributed by atoms with Gasteiger partial charge in [-0.3, -0.25) is 4.79 Å². The molecule has 4 nitrogen and oxygen atoms in total. The van der Waals surface area contributed by atoms with E-state index in [-0.39, 0.29) is 17.2 Å². The van der Waals surface area contributed by atoms with Crippen LogP contribution in [-0.4, -0.2) is 24.0 Å². The topological polar surface area (TPSA) is 54.0 Å². The summed E-state index contributed by atoms with van der Waals surface area (Å²) in [6.07, 6.45) is 4.84. The maximum absolute atomic E-state index is 12.2. The number of amides is 1. The number of aromatic nitrogens is 1. The molecule has 2 fully saturated rings. The van der Waals surface area contributed by atoms with Gasteiger partial charge in [-0.2, -0.15) is 0 Å². The Bertz CT molecular complexity index is 471. The first-order valence-electron chi connectivity index (χ1n) is 6.33. The van der Waals surface area contributed by atoms with E-state index < -0.39 is 0 Å². The van der Waals surface area contributed by atoms with Crippen LogP contribution in [0.15, 0.2) is 18.3 Å². The monoisotopic (exact) mass is 265 g/mol. The number of anilines is 1. The Morgan fingerprint density at radius 1 is 1.50 bits per heavy atom. The van der Waals surface area contributed by atoms with E-state index in [4.69, 9.17) is 11.6 Å². The molecule has 18 heavy (non-hydrogen) atoms. The van der Waals surface area contributed by atoms with Crippen molar-refractivity contribution in [2.24, 2.45) is 11.3 Å². The van der Waals surface area contributed by atoms with Crippen molar-refractivity contribution in [3.8, 4) is 0 Å². The van der Waals surface area contributed by atoms with Gasteiger partial charge >= 0.3 is 0 Å². The molecule has 1 aromatic rings. The third-order valence-electron chi connectivity index (χ3n) is 4.11. The summed E-state index contributed by atoms with van der Waals surface area (Å²) in [5, 5.41) is 6.67. The number of rotatable bonds is 2. The second kappa shape index (κ2) is 4.52. The predicted octanol–water partition coefficient (Wildman–Crippen LogP) is 2.06.